The lowest BCUT2D eigenvalue weighted by Crippen LogP contribution is -1.79. The number of benzene rings is 2. The molecule has 0 spiro atoms. The molecule has 3 nitrogen and oxygen atoms in total. The number of para-hydroxylation sites is 1. The first-order valence-electron chi connectivity index (χ1n) is 5.49. The van der Waals surface area contributed by atoms with Gasteiger partial charge in [0, 0.05) is 5.56 Å². The Hall–Kier alpha value is -2.29. The predicted molar refractivity (Wildman–Crippen MR) is 67.9 cm³/mol. The molecule has 0 atom stereocenters. The number of rotatable bonds is 1. The van der Waals surface area contributed by atoms with Crippen LogP contribution in [0.4, 0.5) is 0 Å². The molecule has 0 saturated heterocycles. The molecule has 2 N–H and O–H groups in total. The van der Waals surface area contributed by atoms with Gasteiger partial charge in [-0.1, -0.05) is 24.3 Å². The fourth-order valence-electron chi connectivity index (χ4n) is 1.97. The average Bonchev–Trinajstić information content (AvgIpc) is 2.74. The first-order valence-corrected chi connectivity index (χ1v) is 5.49. The SMILES string of the molecule is Cc1cccc2[nH]c(-c3cccc(O)c3)nc12. The molecule has 0 radical (unpaired) electrons. The first kappa shape index (κ1) is 9.90. The Morgan fingerprint density at radius 2 is 1.94 bits per heavy atom. The van der Waals surface area contributed by atoms with E-state index in [9.17, 15) is 5.11 Å². The van der Waals surface area contributed by atoms with E-state index < -0.39 is 0 Å². The highest BCUT2D eigenvalue weighted by molar-refractivity contribution is 5.82. The molecule has 0 aliphatic carbocycles. The molecule has 0 fully saturated rings. The fourth-order valence-corrected chi connectivity index (χ4v) is 1.97. The van der Waals surface area contributed by atoms with Crippen LogP contribution in [-0.4, -0.2) is 15.1 Å². The van der Waals surface area contributed by atoms with Crippen molar-refractivity contribution in [3.63, 3.8) is 0 Å². The zero-order valence-electron chi connectivity index (χ0n) is 9.44. The van der Waals surface area contributed by atoms with Crippen LogP contribution in [0.3, 0.4) is 0 Å². The summed E-state index contributed by atoms with van der Waals surface area (Å²) >= 11 is 0. The van der Waals surface area contributed by atoms with E-state index in [1.165, 1.54) is 0 Å². The number of fused-ring (bicyclic) bond motifs is 1. The van der Waals surface area contributed by atoms with Crippen LogP contribution in [0.5, 0.6) is 5.75 Å². The van der Waals surface area contributed by atoms with Crippen LogP contribution in [0.25, 0.3) is 22.4 Å². The molecule has 2 aromatic carbocycles. The average molecular weight is 224 g/mol. The van der Waals surface area contributed by atoms with E-state index in [4.69, 9.17) is 0 Å². The van der Waals surface area contributed by atoms with E-state index in [1.54, 1.807) is 12.1 Å². The molecule has 0 aliphatic heterocycles. The van der Waals surface area contributed by atoms with E-state index in [-0.39, 0.29) is 5.75 Å². The molecule has 17 heavy (non-hydrogen) atoms. The minimum Gasteiger partial charge on any atom is -0.508 e. The van der Waals surface area contributed by atoms with Gasteiger partial charge in [0.05, 0.1) is 11.0 Å². The highest BCUT2D eigenvalue weighted by Gasteiger charge is 2.06. The van der Waals surface area contributed by atoms with Crippen molar-refractivity contribution in [2.75, 3.05) is 0 Å². The Bertz CT molecular complexity index is 686. The van der Waals surface area contributed by atoms with Crippen molar-refractivity contribution in [2.24, 2.45) is 0 Å². The summed E-state index contributed by atoms with van der Waals surface area (Å²) in [5, 5.41) is 9.46. The minimum atomic E-state index is 0.250. The van der Waals surface area contributed by atoms with Crippen LogP contribution >= 0.6 is 0 Å². The number of imidazole rings is 1. The highest BCUT2D eigenvalue weighted by atomic mass is 16.3. The van der Waals surface area contributed by atoms with Gasteiger partial charge in [-0.05, 0) is 30.7 Å². The Morgan fingerprint density at radius 3 is 2.71 bits per heavy atom. The monoisotopic (exact) mass is 224 g/mol. The normalized spacial score (nSPS) is 10.9. The molecule has 84 valence electrons. The van der Waals surface area contributed by atoms with Crippen LogP contribution in [0.2, 0.25) is 0 Å². The molecule has 0 aliphatic rings. The number of phenols is 1. The summed E-state index contributed by atoms with van der Waals surface area (Å²) in [5.74, 6) is 1.03. The van der Waals surface area contributed by atoms with Gasteiger partial charge < -0.3 is 10.1 Å². The van der Waals surface area contributed by atoms with Gasteiger partial charge in [0.1, 0.15) is 11.6 Å². The summed E-state index contributed by atoms with van der Waals surface area (Å²) in [4.78, 5) is 7.81. The van der Waals surface area contributed by atoms with E-state index in [0.717, 1.165) is 28.0 Å². The maximum Gasteiger partial charge on any atom is 0.138 e. The lowest BCUT2D eigenvalue weighted by molar-refractivity contribution is 0.475. The second-order valence-electron chi connectivity index (χ2n) is 4.11. The Kier molecular flexibility index (Phi) is 2.11. The number of aryl methyl sites for hydroxylation is 1. The number of nitrogens with one attached hydrogen (secondary N) is 1. The van der Waals surface area contributed by atoms with Crippen molar-refractivity contribution in [2.45, 2.75) is 6.92 Å². The van der Waals surface area contributed by atoms with Crippen molar-refractivity contribution >= 4 is 11.0 Å². The zero-order chi connectivity index (χ0) is 11.8. The van der Waals surface area contributed by atoms with E-state index in [2.05, 4.69) is 9.97 Å². The quantitative estimate of drug-likeness (QED) is 0.666. The molecule has 0 saturated carbocycles. The number of aromatic amines is 1. The van der Waals surface area contributed by atoms with Gasteiger partial charge in [0.2, 0.25) is 0 Å². The van der Waals surface area contributed by atoms with Gasteiger partial charge in [-0.2, -0.15) is 0 Å². The zero-order valence-corrected chi connectivity index (χ0v) is 9.44. The number of aromatic nitrogens is 2. The van der Waals surface area contributed by atoms with E-state index >= 15 is 0 Å². The smallest absolute Gasteiger partial charge is 0.138 e. The molecular weight excluding hydrogens is 212 g/mol. The standard InChI is InChI=1S/C14H12N2O/c1-9-4-2-7-12-13(9)16-14(15-12)10-5-3-6-11(17)8-10/h2-8,17H,1H3,(H,15,16). The topological polar surface area (TPSA) is 48.9 Å². The lowest BCUT2D eigenvalue weighted by Gasteiger charge is -1.96. The van der Waals surface area contributed by atoms with Gasteiger partial charge in [-0.15, -0.1) is 0 Å². The van der Waals surface area contributed by atoms with Crippen molar-refractivity contribution in [1.82, 2.24) is 9.97 Å². The van der Waals surface area contributed by atoms with E-state index in [0.29, 0.717) is 0 Å². The van der Waals surface area contributed by atoms with Crippen molar-refractivity contribution in [3.05, 3.63) is 48.0 Å². The molecule has 3 rings (SSSR count). The Balaban J connectivity index is 2.22. The summed E-state index contributed by atoms with van der Waals surface area (Å²) in [5.41, 5.74) is 4.03. The third kappa shape index (κ3) is 1.65. The summed E-state index contributed by atoms with van der Waals surface area (Å²) in [6.07, 6.45) is 0. The molecule has 3 heteroatoms. The van der Waals surface area contributed by atoms with Crippen molar-refractivity contribution < 1.29 is 5.11 Å². The maximum absolute atomic E-state index is 9.46. The van der Waals surface area contributed by atoms with Crippen LogP contribution in [0.15, 0.2) is 42.5 Å². The van der Waals surface area contributed by atoms with Crippen molar-refractivity contribution in [3.8, 4) is 17.1 Å². The predicted octanol–water partition coefficient (Wildman–Crippen LogP) is 3.24. The van der Waals surface area contributed by atoms with Crippen LogP contribution in [0, 0.1) is 6.92 Å². The van der Waals surface area contributed by atoms with Gasteiger partial charge in [0.25, 0.3) is 0 Å². The summed E-state index contributed by atoms with van der Waals surface area (Å²) in [7, 11) is 0. The highest BCUT2D eigenvalue weighted by Crippen LogP contribution is 2.24. The molecule has 3 aromatic rings. The third-order valence-corrected chi connectivity index (χ3v) is 2.83. The fraction of sp³-hybridized carbons (Fsp3) is 0.0714. The summed E-state index contributed by atoms with van der Waals surface area (Å²) < 4.78 is 0. The number of aromatic hydroxyl groups is 1. The van der Waals surface area contributed by atoms with Crippen LogP contribution in [-0.2, 0) is 0 Å². The second-order valence-corrected chi connectivity index (χ2v) is 4.11. The first-order chi connectivity index (χ1) is 8.24. The Labute approximate surface area is 98.8 Å². The van der Waals surface area contributed by atoms with Gasteiger partial charge in [-0.25, -0.2) is 4.98 Å². The molecular formula is C14H12N2O. The van der Waals surface area contributed by atoms with Gasteiger partial charge in [0.15, 0.2) is 0 Å². The molecule has 0 amide bonds. The summed E-state index contributed by atoms with van der Waals surface area (Å²) in [6.45, 7) is 2.04. The van der Waals surface area contributed by atoms with E-state index in [1.807, 2.05) is 37.3 Å². The molecule has 0 unspecified atom stereocenters. The minimum absolute atomic E-state index is 0.250. The number of phenolic OH excluding ortho intramolecular Hbond substituents is 1. The number of hydrogen-bond acceptors (Lipinski definition) is 2. The van der Waals surface area contributed by atoms with Crippen LogP contribution in [0.1, 0.15) is 5.56 Å². The largest absolute Gasteiger partial charge is 0.508 e. The number of hydrogen-bond donors (Lipinski definition) is 2. The molecule has 1 aromatic heterocycles. The third-order valence-electron chi connectivity index (χ3n) is 2.83. The van der Waals surface area contributed by atoms with Gasteiger partial charge in [-0.3, -0.25) is 0 Å². The number of H-pyrrole nitrogens is 1. The van der Waals surface area contributed by atoms with Crippen LogP contribution < -0.4 is 0 Å². The maximum atomic E-state index is 9.46. The van der Waals surface area contributed by atoms with Gasteiger partial charge >= 0.3 is 0 Å². The molecule has 1 heterocycles. The molecule has 0 bridgehead atoms. The number of nitrogens with zero attached hydrogens (tertiary/aromatic N) is 1. The Morgan fingerprint density at radius 1 is 1.12 bits per heavy atom. The van der Waals surface area contributed by atoms with Crippen molar-refractivity contribution in [1.29, 1.82) is 0 Å². The summed E-state index contributed by atoms with van der Waals surface area (Å²) in [6, 6.07) is 13.1. The second kappa shape index (κ2) is 3.63. The lowest BCUT2D eigenvalue weighted by atomic mass is 10.2.